The largest absolute Gasteiger partial charge is 0.324 e. The van der Waals surface area contributed by atoms with E-state index in [1.165, 1.54) is 47.9 Å². The molecule has 0 heterocycles. The fraction of sp³-hybridized carbons (Fsp3) is 0.500. The molecule has 0 aromatic heterocycles. The van der Waals surface area contributed by atoms with Crippen molar-refractivity contribution in [2.24, 2.45) is 5.73 Å². The summed E-state index contributed by atoms with van der Waals surface area (Å²) in [6.07, 6.45) is 8.40. The Labute approximate surface area is 105 Å². The van der Waals surface area contributed by atoms with E-state index in [0.717, 1.165) is 6.42 Å². The van der Waals surface area contributed by atoms with Crippen LogP contribution in [0.2, 0.25) is 0 Å². The lowest BCUT2D eigenvalue weighted by Gasteiger charge is -2.20. The summed E-state index contributed by atoms with van der Waals surface area (Å²) in [6.45, 7) is 4.33. The van der Waals surface area contributed by atoms with Crippen molar-refractivity contribution in [1.82, 2.24) is 0 Å². The van der Waals surface area contributed by atoms with Crippen LogP contribution < -0.4 is 5.73 Å². The first-order chi connectivity index (χ1) is 8.16. The van der Waals surface area contributed by atoms with Crippen LogP contribution in [0.5, 0.6) is 0 Å². The minimum Gasteiger partial charge on any atom is -0.324 e. The molecule has 0 bridgehead atoms. The van der Waals surface area contributed by atoms with Gasteiger partial charge in [-0.3, -0.25) is 0 Å². The van der Waals surface area contributed by atoms with Crippen molar-refractivity contribution < 1.29 is 0 Å². The molecule has 0 saturated carbocycles. The molecule has 17 heavy (non-hydrogen) atoms. The van der Waals surface area contributed by atoms with Gasteiger partial charge in [0.15, 0.2) is 0 Å². The van der Waals surface area contributed by atoms with E-state index < -0.39 is 0 Å². The highest BCUT2D eigenvalue weighted by Crippen LogP contribution is 2.21. The molecule has 0 aliphatic heterocycles. The lowest BCUT2D eigenvalue weighted by Crippen LogP contribution is -2.26. The first-order valence-corrected chi connectivity index (χ1v) is 6.67. The van der Waals surface area contributed by atoms with Crippen LogP contribution in [0.25, 0.3) is 0 Å². The van der Waals surface area contributed by atoms with E-state index in [-0.39, 0.29) is 6.04 Å². The number of hydrogen-bond acceptors (Lipinski definition) is 1. The van der Waals surface area contributed by atoms with Crippen LogP contribution in [0.4, 0.5) is 0 Å². The summed E-state index contributed by atoms with van der Waals surface area (Å²) < 4.78 is 0. The van der Waals surface area contributed by atoms with Gasteiger partial charge < -0.3 is 5.73 Å². The van der Waals surface area contributed by atoms with Crippen LogP contribution in [0.3, 0.4) is 0 Å². The zero-order valence-electron chi connectivity index (χ0n) is 11.0. The first kappa shape index (κ1) is 12.4. The molecular weight excluding hydrogens is 206 g/mol. The van der Waals surface area contributed by atoms with Crippen molar-refractivity contribution >= 4 is 0 Å². The third-order valence-electron chi connectivity index (χ3n) is 3.83. The second-order valence-electron chi connectivity index (χ2n) is 5.25. The standard InChI is InChI=1S/C16H23N/c1-12-8-9-14(10-13(12)2)11-16(17)15-6-4-3-5-7-15/h6,8-10,16H,3-5,7,11,17H2,1-2H3. The van der Waals surface area contributed by atoms with Crippen molar-refractivity contribution in [3.63, 3.8) is 0 Å². The van der Waals surface area contributed by atoms with Gasteiger partial charge in [0.2, 0.25) is 0 Å². The molecule has 1 atom stereocenters. The Bertz CT molecular complexity index is 418. The molecule has 2 rings (SSSR count). The van der Waals surface area contributed by atoms with Crippen LogP contribution in [-0.4, -0.2) is 6.04 Å². The van der Waals surface area contributed by atoms with Crippen molar-refractivity contribution in [2.75, 3.05) is 0 Å². The Hall–Kier alpha value is -1.08. The predicted octanol–water partition coefficient (Wildman–Crippen LogP) is 3.67. The molecule has 0 radical (unpaired) electrons. The minimum absolute atomic E-state index is 0.220. The first-order valence-electron chi connectivity index (χ1n) is 6.67. The van der Waals surface area contributed by atoms with Crippen molar-refractivity contribution in [3.05, 3.63) is 46.5 Å². The number of allylic oxidation sites excluding steroid dienone is 1. The number of hydrogen-bond donors (Lipinski definition) is 1. The zero-order valence-corrected chi connectivity index (χ0v) is 11.0. The van der Waals surface area contributed by atoms with E-state index in [0.29, 0.717) is 0 Å². The summed E-state index contributed by atoms with van der Waals surface area (Å²) in [5, 5.41) is 0. The smallest absolute Gasteiger partial charge is 0.0294 e. The normalized spacial score (nSPS) is 17.7. The number of rotatable bonds is 3. The van der Waals surface area contributed by atoms with E-state index >= 15 is 0 Å². The average Bonchev–Trinajstić information content (AvgIpc) is 2.35. The molecule has 2 N–H and O–H groups in total. The predicted molar refractivity (Wildman–Crippen MR) is 74.1 cm³/mol. The van der Waals surface area contributed by atoms with Gasteiger partial charge in [0, 0.05) is 6.04 Å². The molecule has 1 aliphatic carbocycles. The van der Waals surface area contributed by atoms with Crippen LogP contribution in [0.15, 0.2) is 29.8 Å². The van der Waals surface area contributed by atoms with Crippen molar-refractivity contribution in [3.8, 4) is 0 Å². The number of benzene rings is 1. The molecule has 0 fully saturated rings. The molecule has 1 unspecified atom stereocenters. The Balaban J connectivity index is 2.04. The average molecular weight is 229 g/mol. The highest BCUT2D eigenvalue weighted by atomic mass is 14.6. The van der Waals surface area contributed by atoms with Gasteiger partial charge in [0.25, 0.3) is 0 Å². The van der Waals surface area contributed by atoms with Gasteiger partial charge >= 0.3 is 0 Å². The summed E-state index contributed by atoms with van der Waals surface area (Å²) in [4.78, 5) is 0. The van der Waals surface area contributed by atoms with Gasteiger partial charge in [-0.05, 0) is 62.6 Å². The monoisotopic (exact) mass is 229 g/mol. The van der Waals surface area contributed by atoms with Crippen molar-refractivity contribution in [1.29, 1.82) is 0 Å². The second kappa shape index (κ2) is 5.50. The SMILES string of the molecule is Cc1ccc(CC(N)C2=CCCCC2)cc1C. The maximum Gasteiger partial charge on any atom is 0.0294 e. The van der Waals surface area contributed by atoms with E-state index in [1.807, 2.05) is 0 Å². The van der Waals surface area contributed by atoms with Crippen molar-refractivity contribution in [2.45, 2.75) is 52.0 Å². The van der Waals surface area contributed by atoms with Gasteiger partial charge in [0.05, 0.1) is 0 Å². The molecule has 1 nitrogen and oxygen atoms in total. The molecule has 0 saturated heterocycles. The molecule has 1 heteroatoms. The summed E-state index contributed by atoms with van der Waals surface area (Å²) >= 11 is 0. The highest BCUT2D eigenvalue weighted by Gasteiger charge is 2.12. The van der Waals surface area contributed by atoms with Gasteiger partial charge in [-0.2, -0.15) is 0 Å². The van der Waals surface area contributed by atoms with E-state index in [4.69, 9.17) is 5.73 Å². The molecular formula is C16H23N. The number of nitrogens with two attached hydrogens (primary N) is 1. The fourth-order valence-corrected chi connectivity index (χ4v) is 2.52. The van der Waals surface area contributed by atoms with Gasteiger partial charge in [-0.15, -0.1) is 0 Å². The maximum atomic E-state index is 6.30. The Morgan fingerprint density at radius 3 is 2.65 bits per heavy atom. The second-order valence-corrected chi connectivity index (χ2v) is 5.25. The molecule has 1 aromatic rings. The minimum atomic E-state index is 0.220. The van der Waals surface area contributed by atoms with Crippen LogP contribution in [0.1, 0.15) is 42.4 Å². The lowest BCUT2D eigenvalue weighted by atomic mass is 9.90. The maximum absolute atomic E-state index is 6.30. The Morgan fingerprint density at radius 1 is 1.18 bits per heavy atom. The van der Waals surface area contributed by atoms with Crippen LogP contribution in [0, 0.1) is 13.8 Å². The van der Waals surface area contributed by atoms with E-state index in [2.05, 4.69) is 38.1 Å². The van der Waals surface area contributed by atoms with Crippen LogP contribution >= 0.6 is 0 Å². The summed E-state index contributed by atoms with van der Waals surface area (Å²) in [6, 6.07) is 6.91. The highest BCUT2D eigenvalue weighted by molar-refractivity contribution is 5.31. The molecule has 0 amide bonds. The van der Waals surface area contributed by atoms with E-state index in [9.17, 15) is 0 Å². The Morgan fingerprint density at radius 2 is 2.00 bits per heavy atom. The summed E-state index contributed by atoms with van der Waals surface area (Å²) in [5.74, 6) is 0. The van der Waals surface area contributed by atoms with Gasteiger partial charge in [0.1, 0.15) is 0 Å². The molecule has 1 aliphatic rings. The van der Waals surface area contributed by atoms with Gasteiger partial charge in [-0.1, -0.05) is 29.8 Å². The molecule has 92 valence electrons. The lowest BCUT2D eigenvalue weighted by molar-refractivity contribution is 0.630. The topological polar surface area (TPSA) is 26.0 Å². The molecule has 1 aromatic carbocycles. The van der Waals surface area contributed by atoms with Gasteiger partial charge in [-0.25, -0.2) is 0 Å². The zero-order chi connectivity index (χ0) is 12.3. The third kappa shape index (κ3) is 3.19. The Kier molecular flexibility index (Phi) is 4.01. The fourth-order valence-electron chi connectivity index (χ4n) is 2.52. The van der Waals surface area contributed by atoms with Crippen LogP contribution in [-0.2, 0) is 6.42 Å². The number of aryl methyl sites for hydroxylation is 2. The van der Waals surface area contributed by atoms with E-state index in [1.54, 1.807) is 0 Å². The summed E-state index contributed by atoms with van der Waals surface area (Å²) in [5.41, 5.74) is 11.9. The quantitative estimate of drug-likeness (QED) is 0.786. The third-order valence-corrected chi connectivity index (χ3v) is 3.83. The summed E-state index contributed by atoms with van der Waals surface area (Å²) in [7, 11) is 0. The molecule has 0 spiro atoms.